The van der Waals surface area contributed by atoms with Crippen molar-refractivity contribution in [2.45, 2.75) is 25.9 Å². The molecule has 0 heterocycles. The molecule has 1 aromatic rings. The van der Waals surface area contributed by atoms with Crippen LogP contribution < -0.4 is 11.1 Å². The number of rotatable bonds is 5. The van der Waals surface area contributed by atoms with Crippen LogP contribution in [0.25, 0.3) is 0 Å². The van der Waals surface area contributed by atoms with Crippen molar-refractivity contribution in [3.8, 4) is 0 Å². The van der Waals surface area contributed by atoms with Crippen molar-refractivity contribution in [2.75, 3.05) is 11.9 Å². The normalized spacial score (nSPS) is 13.1. The van der Waals surface area contributed by atoms with Crippen molar-refractivity contribution in [1.82, 2.24) is 0 Å². The molecule has 0 aliphatic rings. The number of nitrogens with one attached hydrogen (secondary N) is 1. The highest BCUT2D eigenvalue weighted by atomic mass is 35.5. The summed E-state index contributed by atoms with van der Waals surface area (Å²) in [7, 11) is 0. The number of carbonyl (C=O) groups is 1. The fraction of sp³-hybridized carbons (Fsp3) is 0.462. The van der Waals surface area contributed by atoms with Crippen molar-refractivity contribution in [3.05, 3.63) is 28.8 Å². The molecule has 112 valence electrons. The number of carbonyl (C=O) groups excluding carboxylic acids is 1. The fourth-order valence-electron chi connectivity index (χ4n) is 1.65. The summed E-state index contributed by atoms with van der Waals surface area (Å²) in [6.07, 6.45) is -3.49. The third-order valence-corrected chi connectivity index (χ3v) is 3.27. The van der Waals surface area contributed by atoms with E-state index in [2.05, 4.69) is 5.32 Å². The first-order valence-corrected chi connectivity index (χ1v) is 6.52. The van der Waals surface area contributed by atoms with E-state index in [0.717, 1.165) is 24.6 Å². The number of alkyl halides is 3. The zero-order valence-electron chi connectivity index (χ0n) is 10.9. The number of anilines is 1. The fourth-order valence-corrected chi connectivity index (χ4v) is 1.88. The van der Waals surface area contributed by atoms with Gasteiger partial charge in [-0.3, -0.25) is 4.79 Å². The summed E-state index contributed by atoms with van der Waals surface area (Å²) in [5.41, 5.74) is 4.80. The number of hydrogen-bond acceptors (Lipinski definition) is 2. The van der Waals surface area contributed by atoms with E-state index >= 15 is 0 Å². The minimum Gasteiger partial charge on any atom is -0.330 e. The van der Waals surface area contributed by atoms with E-state index in [1.807, 2.05) is 6.92 Å². The first-order chi connectivity index (χ1) is 9.27. The average Bonchev–Trinajstić information content (AvgIpc) is 2.37. The maximum absolute atomic E-state index is 12.5. The molecule has 1 unspecified atom stereocenters. The topological polar surface area (TPSA) is 55.1 Å². The van der Waals surface area contributed by atoms with Crippen LogP contribution in [0.3, 0.4) is 0 Å². The Hall–Kier alpha value is -1.27. The van der Waals surface area contributed by atoms with Crippen molar-refractivity contribution in [1.29, 1.82) is 0 Å². The molecule has 1 amide bonds. The molecular formula is C13H16ClF3N2O. The zero-order valence-corrected chi connectivity index (χ0v) is 11.7. The second-order valence-electron chi connectivity index (χ2n) is 4.45. The minimum atomic E-state index is -4.46. The number of benzene rings is 1. The highest BCUT2D eigenvalue weighted by Gasteiger charge is 2.31. The van der Waals surface area contributed by atoms with E-state index in [1.165, 1.54) is 0 Å². The van der Waals surface area contributed by atoms with Crippen LogP contribution >= 0.6 is 11.6 Å². The summed E-state index contributed by atoms with van der Waals surface area (Å²) in [6, 6.07) is 2.81. The van der Waals surface area contributed by atoms with Gasteiger partial charge in [0.25, 0.3) is 0 Å². The number of amides is 1. The molecule has 0 aliphatic heterocycles. The third-order valence-electron chi connectivity index (χ3n) is 2.96. The minimum absolute atomic E-state index is 0.0447. The summed E-state index contributed by atoms with van der Waals surface area (Å²) >= 11 is 5.74. The van der Waals surface area contributed by atoms with Crippen LogP contribution in [-0.4, -0.2) is 12.5 Å². The van der Waals surface area contributed by atoms with Crippen LogP contribution in [0.5, 0.6) is 0 Å². The van der Waals surface area contributed by atoms with Crippen molar-refractivity contribution in [2.24, 2.45) is 11.7 Å². The van der Waals surface area contributed by atoms with Gasteiger partial charge >= 0.3 is 6.18 Å². The maximum Gasteiger partial charge on any atom is 0.416 e. The summed E-state index contributed by atoms with van der Waals surface area (Å²) in [6.45, 7) is 2.29. The molecule has 3 nitrogen and oxygen atoms in total. The second kappa shape index (κ2) is 6.95. The first-order valence-electron chi connectivity index (χ1n) is 6.14. The van der Waals surface area contributed by atoms with Crippen molar-refractivity contribution in [3.63, 3.8) is 0 Å². The lowest BCUT2D eigenvalue weighted by atomic mass is 10.0. The molecular weight excluding hydrogens is 293 g/mol. The van der Waals surface area contributed by atoms with Gasteiger partial charge in [0.2, 0.25) is 5.91 Å². The molecule has 0 spiro atoms. The third kappa shape index (κ3) is 4.68. The largest absolute Gasteiger partial charge is 0.416 e. The molecule has 1 atom stereocenters. The highest BCUT2D eigenvalue weighted by Crippen LogP contribution is 2.33. The highest BCUT2D eigenvalue weighted by molar-refractivity contribution is 6.33. The van der Waals surface area contributed by atoms with E-state index in [9.17, 15) is 18.0 Å². The monoisotopic (exact) mass is 308 g/mol. The molecule has 1 rings (SSSR count). The Labute approximate surface area is 120 Å². The summed E-state index contributed by atoms with van der Waals surface area (Å²) in [4.78, 5) is 11.7. The molecule has 1 aromatic carbocycles. The molecule has 0 saturated heterocycles. The summed E-state index contributed by atoms with van der Waals surface area (Å²) < 4.78 is 37.4. The van der Waals surface area contributed by atoms with Gasteiger partial charge in [-0.25, -0.2) is 0 Å². The number of hydrogen-bond donors (Lipinski definition) is 2. The van der Waals surface area contributed by atoms with E-state index in [-0.39, 0.29) is 29.0 Å². The van der Waals surface area contributed by atoms with E-state index in [4.69, 9.17) is 17.3 Å². The van der Waals surface area contributed by atoms with Crippen LogP contribution in [0.2, 0.25) is 5.02 Å². The maximum atomic E-state index is 12.5. The Bertz CT molecular complexity index is 473. The smallest absolute Gasteiger partial charge is 0.330 e. The van der Waals surface area contributed by atoms with Gasteiger partial charge in [-0.15, -0.1) is 0 Å². The van der Waals surface area contributed by atoms with Gasteiger partial charge in [0.1, 0.15) is 0 Å². The van der Waals surface area contributed by atoms with Gasteiger partial charge in [0.05, 0.1) is 16.3 Å². The Balaban J connectivity index is 2.76. The van der Waals surface area contributed by atoms with E-state index in [0.29, 0.717) is 6.54 Å². The van der Waals surface area contributed by atoms with Crippen LogP contribution in [0.4, 0.5) is 18.9 Å². The van der Waals surface area contributed by atoms with Gasteiger partial charge in [-0.05, 0) is 30.7 Å². The number of halogens is 4. The molecule has 0 aromatic heterocycles. The van der Waals surface area contributed by atoms with Crippen LogP contribution in [-0.2, 0) is 11.0 Å². The molecule has 0 aliphatic carbocycles. The van der Waals surface area contributed by atoms with E-state index in [1.54, 1.807) is 0 Å². The van der Waals surface area contributed by atoms with E-state index < -0.39 is 11.7 Å². The molecule has 0 radical (unpaired) electrons. The molecule has 3 N–H and O–H groups in total. The standard InChI is InChI=1S/C13H16ClF3N2O/c1-2-8(7-18)5-12(20)19-11-4-3-9(6-10(11)14)13(15,16)17/h3-4,6,8H,2,5,7,18H2,1H3,(H,19,20). The Morgan fingerprint density at radius 3 is 2.55 bits per heavy atom. The Morgan fingerprint density at radius 1 is 1.45 bits per heavy atom. The first kappa shape index (κ1) is 16.8. The summed E-state index contributed by atoms with van der Waals surface area (Å²) in [5.74, 6) is -0.271. The number of nitrogens with two attached hydrogens (primary N) is 1. The quantitative estimate of drug-likeness (QED) is 0.872. The van der Waals surface area contributed by atoms with Gasteiger partial charge in [-0.2, -0.15) is 13.2 Å². The predicted octanol–water partition coefficient (Wildman–Crippen LogP) is 3.67. The molecule has 0 bridgehead atoms. The predicted molar refractivity (Wildman–Crippen MR) is 72.5 cm³/mol. The average molecular weight is 309 g/mol. The Kier molecular flexibility index (Phi) is 5.83. The zero-order chi connectivity index (χ0) is 15.3. The second-order valence-corrected chi connectivity index (χ2v) is 4.86. The lowest BCUT2D eigenvalue weighted by Crippen LogP contribution is -2.21. The SMILES string of the molecule is CCC(CN)CC(=O)Nc1ccc(C(F)(F)F)cc1Cl. The van der Waals surface area contributed by atoms with Gasteiger partial charge in [-0.1, -0.05) is 24.9 Å². The molecule has 7 heteroatoms. The lowest BCUT2D eigenvalue weighted by Gasteiger charge is -2.14. The molecule has 0 saturated carbocycles. The van der Waals surface area contributed by atoms with Gasteiger partial charge in [0, 0.05) is 6.42 Å². The molecule has 20 heavy (non-hydrogen) atoms. The van der Waals surface area contributed by atoms with Crippen molar-refractivity contribution >= 4 is 23.2 Å². The summed E-state index contributed by atoms with van der Waals surface area (Å²) in [5, 5.41) is 2.35. The Morgan fingerprint density at radius 2 is 2.10 bits per heavy atom. The lowest BCUT2D eigenvalue weighted by molar-refractivity contribution is -0.137. The molecule has 0 fully saturated rings. The van der Waals surface area contributed by atoms with Crippen LogP contribution in [0.1, 0.15) is 25.3 Å². The van der Waals surface area contributed by atoms with Gasteiger partial charge in [0.15, 0.2) is 0 Å². The van der Waals surface area contributed by atoms with Crippen molar-refractivity contribution < 1.29 is 18.0 Å². The van der Waals surface area contributed by atoms with Gasteiger partial charge < -0.3 is 11.1 Å². The van der Waals surface area contributed by atoms with Crippen LogP contribution in [0, 0.1) is 5.92 Å². The van der Waals surface area contributed by atoms with Crippen LogP contribution in [0.15, 0.2) is 18.2 Å².